The van der Waals surface area contributed by atoms with Gasteiger partial charge in [-0.3, -0.25) is 9.69 Å². The summed E-state index contributed by atoms with van der Waals surface area (Å²) < 4.78 is 25.8. The zero-order valence-corrected chi connectivity index (χ0v) is 20.0. The molecule has 4 rings (SSSR count). The quantitative estimate of drug-likeness (QED) is 0.569. The maximum Gasteiger partial charge on any atom is 0.252 e. The van der Waals surface area contributed by atoms with Gasteiger partial charge >= 0.3 is 0 Å². The molecule has 2 aromatic carbocycles. The van der Waals surface area contributed by atoms with Crippen LogP contribution in [0.5, 0.6) is 0 Å². The first-order valence-corrected chi connectivity index (χ1v) is 13.3. The highest BCUT2D eigenvalue weighted by atomic mass is 32.2. The van der Waals surface area contributed by atoms with Crippen molar-refractivity contribution in [3.8, 4) is 0 Å². The van der Waals surface area contributed by atoms with Crippen LogP contribution in [0.1, 0.15) is 22.8 Å². The lowest BCUT2D eigenvalue weighted by molar-refractivity contribution is 0.0944. The van der Waals surface area contributed by atoms with Crippen molar-refractivity contribution in [1.82, 2.24) is 15.2 Å². The molecule has 32 heavy (non-hydrogen) atoms. The summed E-state index contributed by atoms with van der Waals surface area (Å²) in [5.74, 6) is -0.378. The number of thiazole rings is 1. The number of carbonyl (C=O) groups is 1. The Morgan fingerprint density at radius 2 is 1.88 bits per heavy atom. The highest BCUT2D eigenvalue weighted by Gasteiger charge is 2.22. The summed E-state index contributed by atoms with van der Waals surface area (Å²) in [6, 6.07) is 12.7. The third kappa shape index (κ3) is 4.95. The Morgan fingerprint density at radius 3 is 2.62 bits per heavy atom. The maximum absolute atomic E-state index is 12.6. The van der Waals surface area contributed by atoms with Crippen LogP contribution in [-0.2, 0) is 9.84 Å². The smallest absolute Gasteiger partial charge is 0.252 e. The second-order valence-electron chi connectivity index (χ2n) is 7.95. The molecule has 3 aromatic rings. The lowest BCUT2D eigenvalue weighted by Gasteiger charge is -2.34. The van der Waals surface area contributed by atoms with Gasteiger partial charge in [-0.25, -0.2) is 13.4 Å². The fourth-order valence-corrected chi connectivity index (χ4v) is 6.03. The second kappa shape index (κ2) is 9.56. The number of nitrogens with zero attached hydrogens (tertiary/aromatic N) is 3. The number of aromatic nitrogens is 1. The summed E-state index contributed by atoms with van der Waals surface area (Å²) in [5, 5.41) is 3.94. The molecule has 1 N–H and O–H groups in total. The summed E-state index contributed by atoms with van der Waals surface area (Å²) in [5.41, 5.74) is 2.51. The van der Waals surface area contributed by atoms with Crippen LogP contribution in [0.15, 0.2) is 47.4 Å². The Hall–Kier alpha value is -2.49. The van der Waals surface area contributed by atoms with E-state index in [2.05, 4.69) is 40.2 Å². The second-order valence-corrected chi connectivity index (χ2v) is 11.2. The molecule has 1 saturated heterocycles. The molecule has 0 aliphatic carbocycles. The van der Waals surface area contributed by atoms with Crippen LogP contribution in [0.3, 0.4) is 0 Å². The van der Waals surface area contributed by atoms with E-state index in [9.17, 15) is 13.2 Å². The van der Waals surface area contributed by atoms with Crippen LogP contribution < -0.4 is 10.2 Å². The summed E-state index contributed by atoms with van der Waals surface area (Å²) in [4.78, 5) is 22.1. The Labute approximate surface area is 193 Å². The molecular formula is C23H28N4O3S2. The summed E-state index contributed by atoms with van der Waals surface area (Å²) in [6.07, 6.45) is 0. The summed E-state index contributed by atoms with van der Waals surface area (Å²) in [7, 11) is -3.45. The third-order valence-corrected chi connectivity index (χ3v) is 8.60. The van der Waals surface area contributed by atoms with Crippen molar-refractivity contribution in [3.05, 3.63) is 53.6 Å². The van der Waals surface area contributed by atoms with Gasteiger partial charge in [0.1, 0.15) is 0 Å². The zero-order chi connectivity index (χ0) is 22.7. The van der Waals surface area contributed by atoms with Gasteiger partial charge in [-0.2, -0.15) is 0 Å². The first-order valence-electron chi connectivity index (χ1n) is 10.8. The van der Waals surface area contributed by atoms with E-state index in [0.717, 1.165) is 43.4 Å². The molecule has 2 heterocycles. The zero-order valence-electron chi connectivity index (χ0n) is 18.4. The molecule has 0 saturated carbocycles. The Balaban J connectivity index is 1.29. The average molecular weight is 473 g/mol. The van der Waals surface area contributed by atoms with Crippen LogP contribution in [0.4, 0.5) is 5.13 Å². The van der Waals surface area contributed by atoms with Gasteiger partial charge in [0, 0.05) is 39.3 Å². The van der Waals surface area contributed by atoms with Gasteiger partial charge in [0.2, 0.25) is 0 Å². The average Bonchev–Trinajstić information content (AvgIpc) is 3.22. The molecule has 0 unspecified atom stereocenters. The van der Waals surface area contributed by atoms with E-state index in [-0.39, 0.29) is 22.1 Å². The number of aryl methyl sites for hydroxylation is 1. The van der Waals surface area contributed by atoms with Gasteiger partial charge in [0.15, 0.2) is 15.0 Å². The summed E-state index contributed by atoms with van der Waals surface area (Å²) >= 11 is 1.73. The number of nitrogens with one attached hydrogen (secondary N) is 1. The molecular weight excluding hydrogens is 444 g/mol. The highest BCUT2D eigenvalue weighted by Crippen LogP contribution is 2.30. The molecule has 1 fully saturated rings. The number of hydrogen-bond acceptors (Lipinski definition) is 7. The number of hydrogen-bond donors (Lipinski definition) is 1. The normalized spacial score (nSPS) is 15.2. The van der Waals surface area contributed by atoms with E-state index in [1.807, 2.05) is 0 Å². The van der Waals surface area contributed by atoms with Crippen molar-refractivity contribution in [2.24, 2.45) is 0 Å². The van der Waals surface area contributed by atoms with Crippen molar-refractivity contribution >= 4 is 42.4 Å². The molecule has 0 radical (unpaired) electrons. The van der Waals surface area contributed by atoms with Crippen molar-refractivity contribution < 1.29 is 13.2 Å². The first kappa shape index (κ1) is 22.7. The number of sulfone groups is 1. The summed E-state index contributed by atoms with van der Waals surface area (Å²) in [6.45, 7) is 8.45. The Morgan fingerprint density at radius 1 is 1.12 bits per heavy atom. The Kier molecular flexibility index (Phi) is 6.78. The molecule has 170 valence electrons. The van der Waals surface area contributed by atoms with Crippen LogP contribution in [0, 0.1) is 6.92 Å². The van der Waals surface area contributed by atoms with Gasteiger partial charge < -0.3 is 10.2 Å². The third-order valence-electron chi connectivity index (χ3n) is 5.74. The standard InChI is InChI=1S/C23H28N4O3S2/c1-3-32(29,30)21-7-5-4-6-18(21)22(28)24-10-11-26-12-14-27(15-13-26)23-25-19-9-8-17(2)16-20(19)31-23/h4-9,16H,3,10-15H2,1-2H3,(H,24,28). The van der Waals surface area contributed by atoms with Gasteiger partial charge in [0.05, 0.1) is 26.4 Å². The maximum atomic E-state index is 12.6. The molecule has 0 spiro atoms. The van der Waals surface area contributed by atoms with E-state index >= 15 is 0 Å². The number of piperazine rings is 1. The minimum absolute atomic E-state index is 0.0319. The van der Waals surface area contributed by atoms with Crippen LogP contribution in [0.2, 0.25) is 0 Å². The largest absolute Gasteiger partial charge is 0.351 e. The number of rotatable bonds is 7. The number of carbonyl (C=O) groups excluding carboxylic acids is 1. The Bertz CT molecular complexity index is 1210. The number of fused-ring (bicyclic) bond motifs is 1. The number of anilines is 1. The molecule has 1 amide bonds. The van der Waals surface area contributed by atoms with Crippen molar-refractivity contribution in [2.75, 3.05) is 49.9 Å². The molecule has 1 aromatic heterocycles. The van der Waals surface area contributed by atoms with Crippen LogP contribution in [0.25, 0.3) is 10.2 Å². The first-order chi connectivity index (χ1) is 15.4. The predicted octanol–water partition coefficient (Wildman–Crippen LogP) is 2.95. The van der Waals surface area contributed by atoms with E-state index in [4.69, 9.17) is 4.98 Å². The monoisotopic (exact) mass is 472 g/mol. The van der Waals surface area contributed by atoms with E-state index in [1.54, 1.807) is 36.5 Å². The fraction of sp³-hybridized carbons (Fsp3) is 0.391. The van der Waals surface area contributed by atoms with Gasteiger partial charge in [-0.1, -0.05) is 36.5 Å². The highest BCUT2D eigenvalue weighted by molar-refractivity contribution is 7.91. The van der Waals surface area contributed by atoms with Crippen molar-refractivity contribution in [3.63, 3.8) is 0 Å². The van der Waals surface area contributed by atoms with E-state index < -0.39 is 9.84 Å². The van der Waals surface area contributed by atoms with Crippen molar-refractivity contribution in [2.45, 2.75) is 18.7 Å². The molecule has 0 bridgehead atoms. The topological polar surface area (TPSA) is 82.6 Å². The van der Waals surface area contributed by atoms with Gasteiger partial charge in [-0.15, -0.1) is 0 Å². The van der Waals surface area contributed by atoms with Crippen molar-refractivity contribution in [1.29, 1.82) is 0 Å². The van der Waals surface area contributed by atoms with E-state index in [1.165, 1.54) is 16.3 Å². The molecule has 1 aliphatic rings. The van der Waals surface area contributed by atoms with Gasteiger partial charge in [-0.05, 0) is 36.8 Å². The lowest BCUT2D eigenvalue weighted by atomic mass is 10.2. The predicted molar refractivity (Wildman–Crippen MR) is 130 cm³/mol. The van der Waals surface area contributed by atoms with E-state index in [0.29, 0.717) is 6.54 Å². The molecule has 9 heteroatoms. The minimum atomic E-state index is -3.45. The van der Waals surface area contributed by atoms with Crippen LogP contribution in [-0.4, -0.2) is 69.2 Å². The number of benzene rings is 2. The molecule has 7 nitrogen and oxygen atoms in total. The fourth-order valence-electron chi connectivity index (χ4n) is 3.82. The minimum Gasteiger partial charge on any atom is -0.351 e. The van der Waals surface area contributed by atoms with Crippen LogP contribution >= 0.6 is 11.3 Å². The van der Waals surface area contributed by atoms with Gasteiger partial charge in [0.25, 0.3) is 5.91 Å². The lowest BCUT2D eigenvalue weighted by Crippen LogP contribution is -2.48. The molecule has 1 aliphatic heterocycles. The molecule has 0 atom stereocenters. The number of amides is 1. The SMILES string of the molecule is CCS(=O)(=O)c1ccccc1C(=O)NCCN1CCN(c2nc3ccc(C)cc3s2)CC1.